The number of hydrogen-bond acceptors (Lipinski definition) is 2. The summed E-state index contributed by atoms with van der Waals surface area (Å²) in [5.41, 5.74) is 0.994. The van der Waals surface area contributed by atoms with Crippen molar-refractivity contribution in [3.63, 3.8) is 0 Å². The molecular formula is C13H17BrClNO. The Labute approximate surface area is 116 Å². The van der Waals surface area contributed by atoms with Crippen molar-refractivity contribution in [2.45, 2.75) is 31.8 Å². The smallest absolute Gasteiger partial charge is 0.0638 e. The Bertz CT molecular complexity index is 366. The van der Waals surface area contributed by atoms with Crippen molar-refractivity contribution >= 4 is 33.2 Å². The summed E-state index contributed by atoms with van der Waals surface area (Å²) in [6.45, 7) is 1.88. The van der Waals surface area contributed by atoms with E-state index in [1.54, 1.807) is 0 Å². The Morgan fingerprint density at radius 2 is 2.35 bits per heavy atom. The first kappa shape index (κ1) is 13.2. The van der Waals surface area contributed by atoms with E-state index in [1.165, 1.54) is 12.8 Å². The zero-order chi connectivity index (χ0) is 12.1. The highest BCUT2D eigenvalue weighted by atomic mass is 79.9. The van der Waals surface area contributed by atoms with Crippen LogP contribution in [0.3, 0.4) is 0 Å². The van der Waals surface area contributed by atoms with Gasteiger partial charge in [-0.05, 0) is 43.9 Å². The molecule has 0 aliphatic carbocycles. The Balaban J connectivity index is 1.72. The lowest BCUT2D eigenvalue weighted by molar-refractivity contribution is 0.103. The summed E-state index contributed by atoms with van der Waals surface area (Å²) >= 11 is 9.53. The molecule has 1 aromatic rings. The molecule has 17 heavy (non-hydrogen) atoms. The molecular weight excluding hydrogens is 302 g/mol. The molecule has 2 rings (SSSR count). The molecule has 94 valence electrons. The van der Waals surface area contributed by atoms with Crippen molar-refractivity contribution in [1.29, 1.82) is 0 Å². The highest BCUT2D eigenvalue weighted by Gasteiger charge is 2.14. The molecule has 1 aliphatic heterocycles. The molecule has 1 fully saturated rings. The van der Waals surface area contributed by atoms with Gasteiger partial charge in [0.05, 0.1) is 16.8 Å². The maximum atomic E-state index is 6.09. The zero-order valence-electron chi connectivity index (χ0n) is 9.72. The molecule has 0 radical (unpaired) electrons. The summed E-state index contributed by atoms with van der Waals surface area (Å²) in [5.74, 6) is 0. The van der Waals surface area contributed by atoms with Crippen LogP contribution in [0.25, 0.3) is 0 Å². The van der Waals surface area contributed by atoms with E-state index < -0.39 is 0 Å². The number of ether oxygens (including phenoxy) is 1. The fraction of sp³-hybridized carbons (Fsp3) is 0.538. The normalized spacial score (nSPS) is 19.5. The number of rotatable bonds is 5. The molecule has 1 saturated heterocycles. The van der Waals surface area contributed by atoms with Crippen molar-refractivity contribution in [2.75, 3.05) is 18.5 Å². The molecule has 0 saturated carbocycles. The topological polar surface area (TPSA) is 21.3 Å². The lowest BCUT2D eigenvalue weighted by Gasteiger charge is -2.11. The van der Waals surface area contributed by atoms with E-state index in [0.717, 1.165) is 41.2 Å². The van der Waals surface area contributed by atoms with Crippen LogP contribution in [0, 0.1) is 0 Å². The Hall–Kier alpha value is -0.250. The molecule has 0 amide bonds. The lowest BCUT2D eigenvalue weighted by Crippen LogP contribution is -2.09. The first-order valence-corrected chi connectivity index (χ1v) is 7.23. The van der Waals surface area contributed by atoms with Gasteiger partial charge in [0.25, 0.3) is 0 Å². The predicted molar refractivity (Wildman–Crippen MR) is 75.8 cm³/mol. The minimum Gasteiger partial charge on any atom is -0.384 e. The largest absolute Gasteiger partial charge is 0.384 e. The summed E-state index contributed by atoms with van der Waals surface area (Å²) in [6, 6.07) is 5.85. The second-order valence-corrected chi connectivity index (χ2v) is 5.65. The van der Waals surface area contributed by atoms with Crippen LogP contribution in [0.2, 0.25) is 5.02 Å². The first-order valence-electron chi connectivity index (χ1n) is 6.06. The summed E-state index contributed by atoms with van der Waals surface area (Å²) < 4.78 is 6.63. The summed E-state index contributed by atoms with van der Waals surface area (Å²) in [4.78, 5) is 0. The first-order chi connectivity index (χ1) is 8.25. The van der Waals surface area contributed by atoms with Crippen LogP contribution >= 0.6 is 27.5 Å². The molecule has 0 aromatic heterocycles. The van der Waals surface area contributed by atoms with Gasteiger partial charge in [0.15, 0.2) is 0 Å². The van der Waals surface area contributed by atoms with E-state index in [-0.39, 0.29) is 0 Å². The SMILES string of the molecule is Clc1ccc(Br)cc1NCCCC1CCCO1. The zero-order valence-corrected chi connectivity index (χ0v) is 12.1. The van der Waals surface area contributed by atoms with E-state index in [1.807, 2.05) is 18.2 Å². The molecule has 1 unspecified atom stereocenters. The lowest BCUT2D eigenvalue weighted by atomic mass is 10.1. The molecule has 2 nitrogen and oxygen atoms in total. The van der Waals surface area contributed by atoms with Gasteiger partial charge in [0.2, 0.25) is 0 Å². The van der Waals surface area contributed by atoms with Gasteiger partial charge in [-0.3, -0.25) is 0 Å². The van der Waals surface area contributed by atoms with Crippen LogP contribution < -0.4 is 5.32 Å². The van der Waals surface area contributed by atoms with Gasteiger partial charge in [-0.15, -0.1) is 0 Å². The van der Waals surface area contributed by atoms with Gasteiger partial charge in [-0.2, -0.15) is 0 Å². The van der Waals surface area contributed by atoms with Crippen LogP contribution in [-0.2, 0) is 4.74 Å². The molecule has 1 N–H and O–H groups in total. The van der Waals surface area contributed by atoms with Crippen molar-refractivity contribution in [2.24, 2.45) is 0 Å². The monoisotopic (exact) mass is 317 g/mol. The van der Waals surface area contributed by atoms with Gasteiger partial charge in [-0.25, -0.2) is 0 Å². The molecule has 1 atom stereocenters. The quantitative estimate of drug-likeness (QED) is 0.809. The second-order valence-electron chi connectivity index (χ2n) is 4.33. The van der Waals surface area contributed by atoms with Crippen molar-refractivity contribution in [1.82, 2.24) is 0 Å². The van der Waals surface area contributed by atoms with E-state index in [9.17, 15) is 0 Å². The Morgan fingerprint density at radius 1 is 1.47 bits per heavy atom. The minimum absolute atomic E-state index is 0.481. The third-order valence-electron chi connectivity index (χ3n) is 2.97. The molecule has 1 heterocycles. The third-order valence-corrected chi connectivity index (χ3v) is 3.79. The van der Waals surface area contributed by atoms with E-state index in [4.69, 9.17) is 16.3 Å². The summed E-state index contributed by atoms with van der Waals surface area (Å²) in [6.07, 6.45) is 5.18. The van der Waals surface area contributed by atoms with Crippen LogP contribution in [0.15, 0.2) is 22.7 Å². The van der Waals surface area contributed by atoms with E-state index in [2.05, 4.69) is 21.2 Å². The summed E-state index contributed by atoms with van der Waals surface area (Å²) in [5, 5.41) is 4.13. The number of nitrogens with one attached hydrogen (secondary N) is 1. The highest BCUT2D eigenvalue weighted by Crippen LogP contribution is 2.25. The minimum atomic E-state index is 0.481. The fourth-order valence-electron chi connectivity index (χ4n) is 2.06. The average molecular weight is 319 g/mol. The Kier molecular flexibility index (Phi) is 5.14. The van der Waals surface area contributed by atoms with Crippen LogP contribution in [0.5, 0.6) is 0 Å². The average Bonchev–Trinajstić information content (AvgIpc) is 2.82. The van der Waals surface area contributed by atoms with Gasteiger partial charge < -0.3 is 10.1 Å². The van der Waals surface area contributed by atoms with Crippen molar-refractivity contribution in [3.8, 4) is 0 Å². The van der Waals surface area contributed by atoms with Gasteiger partial charge in [0, 0.05) is 17.6 Å². The Morgan fingerprint density at radius 3 is 3.12 bits per heavy atom. The molecule has 0 spiro atoms. The highest BCUT2D eigenvalue weighted by molar-refractivity contribution is 9.10. The maximum absolute atomic E-state index is 6.09. The van der Waals surface area contributed by atoms with Crippen LogP contribution in [0.4, 0.5) is 5.69 Å². The predicted octanol–water partition coefficient (Wildman–Crippen LogP) is 4.47. The maximum Gasteiger partial charge on any atom is 0.0638 e. The van der Waals surface area contributed by atoms with E-state index in [0.29, 0.717) is 6.10 Å². The standard InChI is InChI=1S/C13H17BrClNO/c14-10-5-6-12(15)13(9-10)16-7-1-3-11-4-2-8-17-11/h5-6,9,11,16H,1-4,7-8H2. The van der Waals surface area contributed by atoms with Crippen LogP contribution in [-0.4, -0.2) is 19.3 Å². The summed E-state index contributed by atoms with van der Waals surface area (Å²) in [7, 11) is 0. The molecule has 1 aliphatic rings. The van der Waals surface area contributed by atoms with Gasteiger partial charge in [-0.1, -0.05) is 27.5 Å². The van der Waals surface area contributed by atoms with Gasteiger partial charge >= 0.3 is 0 Å². The van der Waals surface area contributed by atoms with Gasteiger partial charge in [0.1, 0.15) is 0 Å². The number of halogens is 2. The second kappa shape index (κ2) is 6.62. The van der Waals surface area contributed by atoms with Crippen molar-refractivity contribution in [3.05, 3.63) is 27.7 Å². The molecule has 4 heteroatoms. The van der Waals surface area contributed by atoms with E-state index >= 15 is 0 Å². The van der Waals surface area contributed by atoms with Crippen molar-refractivity contribution < 1.29 is 4.74 Å². The third kappa shape index (κ3) is 4.16. The van der Waals surface area contributed by atoms with Crippen LogP contribution in [0.1, 0.15) is 25.7 Å². The number of hydrogen-bond donors (Lipinski definition) is 1. The fourth-order valence-corrected chi connectivity index (χ4v) is 2.60. The molecule has 1 aromatic carbocycles. The number of benzene rings is 1. The number of anilines is 1. The molecule has 0 bridgehead atoms.